The summed E-state index contributed by atoms with van der Waals surface area (Å²) in [4.78, 5) is 12.2. The Balaban J connectivity index is 1.74. The van der Waals surface area contributed by atoms with Gasteiger partial charge in [0.1, 0.15) is 0 Å². The van der Waals surface area contributed by atoms with Crippen molar-refractivity contribution in [1.29, 1.82) is 0 Å². The number of carbonyl (C=O) groups is 1. The van der Waals surface area contributed by atoms with Crippen LogP contribution in [0.25, 0.3) is 0 Å². The molecule has 0 bridgehead atoms. The van der Waals surface area contributed by atoms with Crippen LogP contribution in [-0.4, -0.2) is 23.6 Å². The summed E-state index contributed by atoms with van der Waals surface area (Å²) in [5.41, 5.74) is 2.72. The lowest BCUT2D eigenvalue weighted by Crippen LogP contribution is -2.43. The number of hydrogen-bond donors (Lipinski definition) is 2. The standard InChI is InChI=1S/C15H20N2OS/c18-15(14-9-19-10-16-14)17-13-8-4-2-6-11-5-1-3-7-12(11)13/h1,3,5,7,13-14,16H,2,4,6,8-10H2,(H,17,18). The van der Waals surface area contributed by atoms with E-state index in [9.17, 15) is 4.79 Å². The average Bonchev–Trinajstić information content (AvgIpc) is 2.90. The van der Waals surface area contributed by atoms with E-state index in [1.54, 1.807) is 11.8 Å². The molecule has 102 valence electrons. The van der Waals surface area contributed by atoms with Crippen molar-refractivity contribution in [2.75, 3.05) is 11.6 Å². The molecule has 1 aromatic rings. The maximum absolute atomic E-state index is 12.2. The van der Waals surface area contributed by atoms with Crippen LogP contribution in [0.5, 0.6) is 0 Å². The second-order valence-corrected chi connectivity index (χ2v) is 6.31. The molecule has 1 heterocycles. The lowest BCUT2D eigenvalue weighted by atomic mass is 9.99. The maximum Gasteiger partial charge on any atom is 0.238 e. The molecule has 2 unspecified atom stereocenters. The zero-order valence-electron chi connectivity index (χ0n) is 11.0. The molecule has 2 atom stereocenters. The van der Waals surface area contributed by atoms with Crippen molar-refractivity contribution in [1.82, 2.24) is 10.6 Å². The van der Waals surface area contributed by atoms with Crippen molar-refractivity contribution >= 4 is 17.7 Å². The van der Waals surface area contributed by atoms with Crippen LogP contribution in [0.15, 0.2) is 24.3 Å². The summed E-state index contributed by atoms with van der Waals surface area (Å²) < 4.78 is 0. The van der Waals surface area contributed by atoms with Gasteiger partial charge in [-0.1, -0.05) is 30.7 Å². The fourth-order valence-electron chi connectivity index (χ4n) is 2.91. The smallest absolute Gasteiger partial charge is 0.238 e. The molecule has 0 aromatic heterocycles. The second kappa shape index (κ2) is 5.97. The molecule has 19 heavy (non-hydrogen) atoms. The zero-order valence-corrected chi connectivity index (χ0v) is 11.8. The largest absolute Gasteiger partial charge is 0.348 e. The van der Waals surface area contributed by atoms with E-state index in [2.05, 4.69) is 34.9 Å². The maximum atomic E-state index is 12.2. The number of amides is 1. The van der Waals surface area contributed by atoms with E-state index in [4.69, 9.17) is 0 Å². The molecule has 2 aliphatic rings. The molecule has 1 aromatic carbocycles. The van der Waals surface area contributed by atoms with Crippen molar-refractivity contribution in [2.24, 2.45) is 0 Å². The highest BCUT2D eigenvalue weighted by atomic mass is 32.2. The first-order chi connectivity index (χ1) is 9.34. The lowest BCUT2D eigenvalue weighted by Gasteiger charge is -2.21. The topological polar surface area (TPSA) is 41.1 Å². The molecule has 0 spiro atoms. The quantitative estimate of drug-likeness (QED) is 0.814. The van der Waals surface area contributed by atoms with Gasteiger partial charge < -0.3 is 5.32 Å². The van der Waals surface area contributed by atoms with Crippen molar-refractivity contribution in [3.05, 3.63) is 35.4 Å². The third-order valence-corrected chi connectivity index (χ3v) is 4.91. The minimum atomic E-state index is -0.0135. The fourth-order valence-corrected chi connectivity index (χ4v) is 3.85. The molecule has 1 amide bonds. The molecular formula is C15H20N2OS. The Bertz CT molecular complexity index is 457. The summed E-state index contributed by atoms with van der Waals surface area (Å²) >= 11 is 1.79. The molecule has 3 rings (SSSR count). The van der Waals surface area contributed by atoms with Gasteiger partial charge in [0.2, 0.25) is 5.91 Å². The Morgan fingerprint density at radius 1 is 1.32 bits per heavy atom. The molecule has 0 saturated carbocycles. The number of nitrogens with one attached hydrogen (secondary N) is 2. The van der Waals surface area contributed by atoms with E-state index in [1.165, 1.54) is 24.0 Å². The third kappa shape index (κ3) is 2.95. The Kier molecular flexibility index (Phi) is 4.09. The SMILES string of the molecule is O=C(NC1CCCCc2ccccc21)C1CSCN1. The van der Waals surface area contributed by atoms with Crippen molar-refractivity contribution in [3.8, 4) is 0 Å². The first kappa shape index (κ1) is 13.0. The highest BCUT2D eigenvalue weighted by Crippen LogP contribution is 2.28. The summed E-state index contributed by atoms with van der Waals surface area (Å²) in [7, 11) is 0. The Labute approximate surface area is 118 Å². The fraction of sp³-hybridized carbons (Fsp3) is 0.533. The van der Waals surface area contributed by atoms with Gasteiger partial charge in [-0.2, -0.15) is 0 Å². The Morgan fingerprint density at radius 2 is 2.21 bits per heavy atom. The van der Waals surface area contributed by atoms with Crippen molar-refractivity contribution in [2.45, 2.75) is 37.8 Å². The predicted molar refractivity (Wildman–Crippen MR) is 79.1 cm³/mol. The van der Waals surface area contributed by atoms with Gasteiger partial charge in [0.25, 0.3) is 0 Å². The number of hydrogen-bond acceptors (Lipinski definition) is 3. The molecule has 2 N–H and O–H groups in total. The van der Waals surface area contributed by atoms with Crippen LogP contribution in [0.4, 0.5) is 0 Å². The predicted octanol–water partition coefficient (Wildman–Crippen LogP) is 2.23. The number of thioether (sulfide) groups is 1. The van der Waals surface area contributed by atoms with Crippen LogP contribution < -0.4 is 10.6 Å². The lowest BCUT2D eigenvalue weighted by molar-refractivity contribution is -0.123. The Hall–Kier alpha value is -1.00. The van der Waals surface area contributed by atoms with Gasteiger partial charge in [-0.05, 0) is 30.4 Å². The van der Waals surface area contributed by atoms with Gasteiger partial charge in [-0.15, -0.1) is 11.8 Å². The van der Waals surface area contributed by atoms with Crippen LogP contribution in [0.2, 0.25) is 0 Å². The minimum Gasteiger partial charge on any atom is -0.348 e. The van der Waals surface area contributed by atoms with E-state index in [1.807, 2.05) is 0 Å². The summed E-state index contributed by atoms with van der Waals surface area (Å²) in [6, 6.07) is 8.72. The monoisotopic (exact) mass is 276 g/mol. The molecule has 1 aliphatic heterocycles. The number of aryl methyl sites for hydroxylation is 1. The van der Waals surface area contributed by atoms with Crippen molar-refractivity contribution in [3.63, 3.8) is 0 Å². The summed E-state index contributed by atoms with van der Waals surface area (Å²) in [5.74, 6) is 1.94. The molecular weight excluding hydrogens is 256 g/mol. The van der Waals surface area contributed by atoms with Gasteiger partial charge in [-0.3, -0.25) is 10.1 Å². The number of carbonyl (C=O) groups excluding carboxylic acids is 1. The highest BCUT2D eigenvalue weighted by Gasteiger charge is 2.26. The van der Waals surface area contributed by atoms with E-state index in [0.717, 1.165) is 24.5 Å². The third-order valence-electron chi connectivity index (χ3n) is 3.97. The summed E-state index contributed by atoms with van der Waals surface area (Å²) in [6.07, 6.45) is 4.61. The molecule has 1 fully saturated rings. The number of fused-ring (bicyclic) bond motifs is 1. The van der Waals surface area contributed by atoms with Gasteiger partial charge in [-0.25, -0.2) is 0 Å². The first-order valence-corrected chi connectivity index (χ1v) is 8.19. The number of rotatable bonds is 2. The van der Waals surface area contributed by atoms with Crippen LogP contribution in [-0.2, 0) is 11.2 Å². The van der Waals surface area contributed by atoms with E-state index >= 15 is 0 Å². The summed E-state index contributed by atoms with van der Waals surface area (Å²) in [5, 5.41) is 6.48. The number of benzene rings is 1. The van der Waals surface area contributed by atoms with E-state index < -0.39 is 0 Å². The molecule has 1 aliphatic carbocycles. The minimum absolute atomic E-state index is 0.0135. The van der Waals surface area contributed by atoms with Gasteiger partial charge in [0, 0.05) is 11.6 Å². The normalized spacial score (nSPS) is 26.5. The van der Waals surface area contributed by atoms with E-state index in [0.29, 0.717) is 0 Å². The average molecular weight is 276 g/mol. The first-order valence-electron chi connectivity index (χ1n) is 7.04. The van der Waals surface area contributed by atoms with Crippen LogP contribution in [0, 0.1) is 0 Å². The van der Waals surface area contributed by atoms with Crippen molar-refractivity contribution < 1.29 is 4.79 Å². The summed E-state index contributed by atoms with van der Waals surface area (Å²) in [6.45, 7) is 0. The molecule has 4 heteroatoms. The molecule has 0 radical (unpaired) electrons. The highest BCUT2D eigenvalue weighted by molar-refractivity contribution is 7.99. The second-order valence-electron chi connectivity index (χ2n) is 5.28. The van der Waals surface area contributed by atoms with Crippen LogP contribution in [0.1, 0.15) is 36.4 Å². The van der Waals surface area contributed by atoms with E-state index in [-0.39, 0.29) is 18.0 Å². The van der Waals surface area contributed by atoms with Gasteiger partial charge in [0.05, 0.1) is 12.1 Å². The van der Waals surface area contributed by atoms with Crippen LogP contribution >= 0.6 is 11.8 Å². The van der Waals surface area contributed by atoms with Gasteiger partial charge >= 0.3 is 0 Å². The van der Waals surface area contributed by atoms with Gasteiger partial charge in [0.15, 0.2) is 0 Å². The van der Waals surface area contributed by atoms with Crippen LogP contribution in [0.3, 0.4) is 0 Å². The Morgan fingerprint density at radius 3 is 3.05 bits per heavy atom. The molecule has 1 saturated heterocycles. The zero-order chi connectivity index (χ0) is 13.1. The molecule has 3 nitrogen and oxygen atoms in total.